The Kier molecular flexibility index (Phi) is 4.51. The molecule has 0 unspecified atom stereocenters. The number of hydrogen-bond acceptors (Lipinski definition) is 3. The largest absolute Gasteiger partial charge is 0.550 e. The van der Waals surface area contributed by atoms with Gasteiger partial charge in [-0.15, -0.1) is 0 Å². The Morgan fingerprint density at radius 2 is 1.94 bits per heavy atom. The average Bonchev–Trinajstić information content (AvgIpc) is 2.21. The van der Waals surface area contributed by atoms with Gasteiger partial charge in [-0.2, -0.15) is 0 Å². The predicted molar refractivity (Wildman–Crippen MR) is 58.7 cm³/mol. The first-order valence-electron chi connectivity index (χ1n) is 5.15. The van der Waals surface area contributed by atoms with Crippen molar-refractivity contribution in [2.24, 2.45) is 0 Å². The summed E-state index contributed by atoms with van der Waals surface area (Å²) in [5.41, 5.74) is 1.75. The summed E-state index contributed by atoms with van der Waals surface area (Å²) in [7, 11) is 0. The van der Waals surface area contributed by atoms with Crippen LogP contribution in [0.3, 0.4) is 0 Å². The van der Waals surface area contributed by atoms with Crippen molar-refractivity contribution in [3.05, 3.63) is 29.8 Å². The van der Waals surface area contributed by atoms with Crippen LogP contribution in [0.15, 0.2) is 24.3 Å². The molecule has 0 aromatic heterocycles. The van der Waals surface area contributed by atoms with Crippen LogP contribution in [0.2, 0.25) is 0 Å². The Morgan fingerprint density at radius 3 is 2.56 bits per heavy atom. The molecule has 86 valence electrons. The van der Waals surface area contributed by atoms with Gasteiger partial charge in [0.1, 0.15) is 0 Å². The second-order valence-corrected chi connectivity index (χ2v) is 3.59. The second-order valence-electron chi connectivity index (χ2n) is 3.59. The number of carboxylic acid groups (broad SMARTS) is 1. The smallest absolute Gasteiger partial charge is 0.224 e. The predicted octanol–water partition coefficient (Wildman–Crippen LogP) is 0.854. The molecule has 1 amide bonds. The molecule has 0 saturated carbocycles. The summed E-state index contributed by atoms with van der Waals surface area (Å²) in [6, 6.07) is 7.44. The minimum atomic E-state index is -1.12. The van der Waals surface area contributed by atoms with Crippen molar-refractivity contribution in [1.29, 1.82) is 0 Å². The van der Waals surface area contributed by atoms with Crippen LogP contribution in [0.4, 0.5) is 5.69 Å². The molecular formula is C12H14NO3-. The van der Waals surface area contributed by atoms with Gasteiger partial charge >= 0.3 is 0 Å². The lowest BCUT2D eigenvalue weighted by Gasteiger charge is -2.07. The van der Waals surface area contributed by atoms with Crippen LogP contribution in [0.5, 0.6) is 0 Å². The molecule has 0 atom stereocenters. The normalized spacial score (nSPS) is 9.81. The molecule has 0 bridgehead atoms. The highest BCUT2D eigenvalue weighted by Gasteiger charge is 2.03. The quantitative estimate of drug-likeness (QED) is 0.799. The molecule has 0 saturated heterocycles. The van der Waals surface area contributed by atoms with Crippen LogP contribution >= 0.6 is 0 Å². The fourth-order valence-corrected chi connectivity index (χ4v) is 1.32. The molecule has 16 heavy (non-hydrogen) atoms. The maximum absolute atomic E-state index is 11.4. The number of hydrogen-bond donors (Lipinski definition) is 1. The number of rotatable bonds is 5. The van der Waals surface area contributed by atoms with Crippen LogP contribution in [-0.2, 0) is 9.59 Å². The number of carbonyl (C=O) groups excluding carboxylic acids is 2. The first-order valence-corrected chi connectivity index (χ1v) is 5.15. The number of amides is 1. The highest BCUT2D eigenvalue weighted by Crippen LogP contribution is 2.13. The number of nitrogens with one attached hydrogen (secondary N) is 1. The van der Waals surface area contributed by atoms with E-state index in [0.717, 1.165) is 11.3 Å². The van der Waals surface area contributed by atoms with E-state index in [4.69, 9.17) is 0 Å². The van der Waals surface area contributed by atoms with Crippen molar-refractivity contribution in [2.75, 3.05) is 5.32 Å². The van der Waals surface area contributed by atoms with E-state index in [1.54, 1.807) is 0 Å². The third-order valence-corrected chi connectivity index (χ3v) is 2.20. The highest BCUT2D eigenvalue weighted by atomic mass is 16.4. The Balaban J connectivity index is 2.40. The van der Waals surface area contributed by atoms with E-state index < -0.39 is 5.97 Å². The van der Waals surface area contributed by atoms with Gasteiger partial charge in [-0.25, -0.2) is 0 Å². The summed E-state index contributed by atoms with van der Waals surface area (Å²) < 4.78 is 0. The van der Waals surface area contributed by atoms with Crippen molar-refractivity contribution in [1.82, 2.24) is 0 Å². The van der Waals surface area contributed by atoms with Gasteiger partial charge in [0.2, 0.25) is 5.91 Å². The Labute approximate surface area is 94.3 Å². The summed E-state index contributed by atoms with van der Waals surface area (Å²) in [6.45, 7) is 1.90. The molecule has 0 fully saturated rings. The molecule has 0 spiro atoms. The van der Waals surface area contributed by atoms with Crippen LogP contribution in [-0.4, -0.2) is 11.9 Å². The van der Waals surface area contributed by atoms with Gasteiger partial charge in [0.05, 0.1) is 0 Å². The van der Waals surface area contributed by atoms with E-state index in [1.165, 1.54) is 0 Å². The maximum atomic E-state index is 11.4. The maximum Gasteiger partial charge on any atom is 0.224 e. The molecule has 0 radical (unpaired) electrons. The molecule has 0 aliphatic rings. The van der Waals surface area contributed by atoms with Gasteiger partial charge in [-0.05, 0) is 31.4 Å². The molecule has 1 aromatic rings. The first kappa shape index (κ1) is 12.2. The first-order chi connectivity index (χ1) is 7.59. The van der Waals surface area contributed by atoms with Gasteiger partial charge in [0.25, 0.3) is 0 Å². The zero-order chi connectivity index (χ0) is 12.0. The van der Waals surface area contributed by atoms with Gasteiger partial charge in [0, 0.05) is 18.1 Å². The summed E-state index contributed by atoms with van der Waals surface area (Å²) in [4.78, 5) is 21.6. The van der Waals surface area contributed by atoms with Crippen LogP contribution in [0.1, 0.15) is 24.8 Å². The minimum Gasteiger partial charge on any atom is -0.550 e. The third kappa shape index (κ3) is 4.13. The molecule has 0 aliphatic heterocycles. The highest BCUT2D eigenvalue weighted by molar-refractivity contribution is 5.91. The van der Waals surface area contributed by atoms with Gasteiger partial charge in [-0.3, -0.25) is 4.79 Å². The summed E-state index contributed by atoms with van der Waals surface area (Å²) in [5.74, 6) is -1.29. The van der Waals surface area contributed by atoms with Gasteiger partial charge in [-0.1, -0.05) is 18.2 Å². The Bertz CT molecular complexity index is 388. The standard InChI is InChI=1S/C12H15NO3/c1-9-5-2-3-6-10(9)13-11(14)7-4-8-12(15)16/h2-3,5-6H,4,7-8H2,1H3,(H,13,14)(H,15,16)/p-1. The van der Waals surface area contributed by atoms with E-state index in [1.807, 2.05) is 31.2 Å². The zero-order valence-electron chi connectivity index (χ0n) is 9.16. The number of anilines is 1. The monoisotopic (exact) mass is 220 g/mol. The zero-order valence-corrected chi connectivity index (χ0v) is 9.16. The molecule has 0 aliphatic carbocycles. The molecule has 4 heteroatoms. The van der Waals surface area contributed by atoms with Crippen LogP contribution in [0.25, 0.3) is 0 Å². The Hall–Kier alpha value is -1.84. The SMILES string of the molecule is Cc1ccccc1NC(=O)CCCC(=O)[O-]. The second kappa shape index (κ2) is 5.90. The van der Waals surface area contributed by atoms with Crippen molar-refractivity contribution in [2.45, 2.75) is 26.2 Å². The molecule has 1 rings (SSSR count). The van der Waals surface area contributed by atoms with Gasteiger partial charge < -0.3 is 15.2 Å². The van der Waals surface area contributed by atoms with Crippen molar-refractivity contribution >= 4 is 17.6 Å². The summed E-state index contributed by atoms with van der Waals surface area (Å²) in [6.07, 6.45) is 0.420. The van der Waals surface area contributed by atoms with Crippen LogP contribution < -0.4 is 10.4 Å². The van der Waals surface area contributed by atoms with E-state index in [0.29, 0.717) is 6.42 Å². The van der Waals surface area contributed by atoms with E-state index in [9.17, 15) is 14.7 Å². The fourth-order valence-electron chi connectivity index (χ4n) is 1.32. The van der Waals surface area contributed by atoms with E-state index >= 15 is 0 Å². The molecule has 0 heterocycles. The average molecular weight is 220 g/mol. The number of para-hydroxylation sites is 1. The number of carbonyl (C=O) groups is 2. The number of benzene rings is 1. The molecular weight excluding hydrogens is 206 g/mol. The van der Waals surface area contributed by atoms with E-state index in [2.05, 4.69) is 5.32 Å². The van der Waals surface area contributed by atoms with Crippen molar-refractivity contribution in [3.8, 4) is 0 Å². The Morgan fingerprint density at radius 1 is 1.25 bits per heavy atom. The molecule has 1 aromatic carbocycles. The third-order valence-electron chi connectivity index (χ3n) is 2.20. The number of aliphatic carboxylic acids is 1. The molecule has 1 N–H and O–H groups in total. The topological polar surface area (TPSA) is 69.2 Å². The minimum absolute atomic E-state index is 0.0822. The lowest BCUT2D eigenvalue weighted by atomic mass is 10.2. The number of carboxylic acids is 1. The van der Waals surface area contributed by atoms with E-state index in [-0.39, 0.29) is 18.7 Å². The molecule has 4 nitrogen and oxygen atoms in total. The van der Waals surface area contributed by atoms with Crippen molar-refractivity contribution in [3.63, 3.8) is 0 Å². The number of aryl methyl sites for hydroxylation is 1. The summed E-state index contributed by atoms with van der Waals surface area (Å²) in [5, 5.41) is 12.9. The van der Waals surface area contributed by atoms with Gasteiger partial charge in [0.15, 0.2) is 0 Å². The lowest BCUT2D eigenvalue weighted by molar-refractivity contribution is -0.305. The van der Waals surface area contributed by atoms with Crippen LogP contribution in [0, 0.1) is 6.92 Å². The lowest BCUT2D eigenvalue weighted by Crippen LogP contribution is -2.22. The fraction of sp³-hybridized carbons (Fsp3) is 0.333. The summed E-state index contributed by atoms with van der Waals surface area (Å²) >= 11 is 0. The van der Waals surface area contributed by atoms with Crippen molar-refractivity contribution < 1.29 is 14.7 Å².